The van der Waals surface area contributed by atoms with Crippen molar-refractivity contribution in [3.8, 4) is 11.3 Å². The van der Waals surface area contributed by atoms with Crippen LogP contribution in [-0.4, -0.2) is 17.4 Å². The van der Waals surface area contributed by atoms with Gasteiger partial charge >= 0.3 is 0 Å². The Morgan fingerprint density at radius 3 is 2.60 bits per heavy atom. The lowest BCUT2D eigenvalue weighted by Crippen LogP contribution is -2.12. The Kier molecular flexibility index (Phi) is 5.24. The molecule has 0 N–H and O–H groups in total. The molecule has 1 aromatic heterocycles. The molecule has 0 saturated heterocycles. The number of thiazole rings is 1. The minimum atomic E-state index is -0.247. The molecular weight excluding hydrogens is 333 g/mol. The van der Waals surface area contributed by atoms with Crippen LogP contribution in [0, 0.1) is 19.7 Å². The summed E-state index contributed by atoms with van der Waals surface area (Å²) in [5.41, 5.74) is 5.25. The molecule has 0 unspecified atom stereocenters. The van der Waals surface area contributed by atoms with Gasteiger partial charge < -0.3 is 0 Å². The van der Waals surface area contributed by atoms with E-state index in [1.165, 1.54) is 34.6 Å². The molecular formula is C20H20FN3S. The number of halogens is 1. The maximum Gasteiger partial charge on any atom is 0.206 e. The molecule has 2 aromatic carbocycles. The predicted molar refractivity (Wildman–Crippen MR) is 103 cm³/mol. The monoisotopic (exact) mass is 353 g/mol. The van der Waals surface area contributed by atoms with Crippen LogP contribution in [0.4, 0.5) is 4.39 Å². The summed E-state index contributed by atoms with van der Waals surface area (Å²) in [4.78, 5) is 5.34. The standard InChI is InChI=1S/C20H20FN3S/c1-4-22-20-24(23-12-17-11-14(2)5-6-15(17)3)19(13-25-20)16-7-9-18(21)10-8-16/h5-13H,4H2,1-3H3/b22-20?,23-12+. The zero-order valence-corrected chi connectivity index (χ0v) is 15.3. The van der Waals surface area contributed by atoms with Crippen LogP contribution in [0.1, 0.15) is 23.6 Å². The fourth-order valence-corrected chi connectivity index (χ4v) is 3.39. The van der Waals surface area contributed by atoms with Gasteiger partial charge in [-0.25, -0.2) is 9.07 Å². The van der Waals surface area contributed by atoms with Gasteiger partial charge in [0.15, 0.2) is 0 Å². The van der Waals surface area contributed by atoms with Gasteiger partial charge in [-0.15, -0.1) is 11.3 Å². The Hall–Kier alpha value is -2.53. The van der Waals surface area contributed by atoms with E-state index in [1.54, 1.807) is 12.1 Å². The molecule has 0 saturated carbocycles. The number of aromatic nitrogens is 1. The maximum absolute atomic E-state index is 13.2. The third kappa shape index (κ3) is 3.94. The molecule has 0 amide bonds. The highest BCUT2D eigenvalue weighted by molar-refractivity contribution is 7.07. The van der Waals surface area contributed by atoms with Crippen molar-refractivity contribution in [2.24, 2.45) is 10.1 Å². The molecule has 0 aliphatic rings. The summed E-state index contributed by atoms with van der Waals surface area (Å²) in [6.07, 6.45) is 1.86. The lowest BCUT2D eigenvalue weighted by atomic mass is 10.1. The zero-order valence-electron chi connectivity index (χ0n) is 14.5. The zero-order chi connectivity index (χ0) is 17.8. The number of aryl methyl sites for hydroxylation is 2. The van der Waals surface area contributed by atoms with Gasteiger partial charge in [0.05, 0.1) is 11.9 Å². The number of benzene rings is 2. The van der Waals surface area contributed by atoms with Crippen LogP contribution in [0.5, 0.6) is 0 Å². The second-order valence-corrected chi connectivity index (χ2v) is 6.64. The molecule has 0 aliphatic heterocycles. The molecule has 1 heterocycles. The van der Waals surface area contributed by atoms with Crippen LogP contribution >= 0.6 is 11.3 Å². The first-order chi connectivity index (χ1) is 12.1. The van der Waals surface area contributed by atoms with Crippen molar-refractivity contribution in [3.63, 3.8) is 0 Å². The van der Waals surface area contributed by atoms with Crippen LogP contribution in [-0.2, 0) is 0 Å². The Morgan fingerprint density at radius 1 is 1.12 bits per heavy atom. The van der Waals surface area contributed by atoms with Gasteiger partial charge in [0.1, 0.15) is 5.82 Å². The molecule has 0 aliphatic carbocycles. The molecule has 5 heteroatoms. The van der Waals surface area contributed by atoms with Gasteiger partial charge in [-0.3, -0.25) is 4.99 Å². The predicted octanol–water partition coefficient (Wildman–Crippen LogP) is 4.78. The molecule has 3 aromatic rings. The minimum Gasteiger partial charge on any atom is -0.258 e. The molecule has 0 bridgehead atoms. The molecule has 3 rings (SSSR count). The Balaban J connectivity index is 2.09. The van der Waals surface area contributed by atoms with Crippen molar-refractivity contribution in [2.75, 3.05) is 6.54 Å². The number of rotatable bonds is 4. The Bertz CT molecular complexity index is 965. The summed E-state index contributed by atoms with van der Waals surface area (Å²) in [6.45, 7) is 6.81. The van der Waals surface area contributed by atoms with E-state index in [9.17, 15) is 4.39 Å². The third-order valence-electron chi connectivity index (χ3n) is 3.87. The number of nitrogens with zero attached hydrogens (tertiary/aromatic N) is 3. The van der Waals surface area contributed by atoms with Crippen LogP contribution < -0.4 is 4.80 Å². The van der Waals surface area contributed by atoms with Gasteiger partial charge in [0, 0.05) is 17.5 Å². The largest absolute Gasteiger partial charge is 0.258 e. The Morgan fingerprint density at radius 2 is 1.88 bits per heavy atom. The number of hydrogen-bond donors (Lipinski definition) is 0. The summed E-state index contributed by atoms with van der Waals surface area (Å²) in [6, 6.07) is 12.7. The van der Waals surface area contributed by atoms with E-state index in [2.05, 4.69) is 42.1 Å². The van der Waals surface area contributed by atoms with Crippen LogP contribution in [0.25, 0.3) is 11.3 Å². The van der Waals surface area contributed by atoms with E-state index in [4.69, 9.17) is 0 Å². The lowest BCUT2D eigenvalue weighted by Gasteiger charge is -2.05. The van der Waals surface area contributed by atoms with Gasteiger partial charge in [-0.05, 0) is 56.2 Å². The summed E-state index contributed by atoms with van der Waals surface area (Å²) >= 11 is 1.53. The maximum atomic E-state index is 13.2. The minimum absolute atomic E-state index is 0.247. The summed E-state index contributed by atoms with van der Waals surface area (Å²) in [5.74, 6) is -0.247. The first kappa shape index (κ1) is 17.3. The first-order valence-electron chi connectivity index (χ1n) is 8.17. The summed E-state index contributed by atoms with van der Waals surface area (Å²) in [7, 11) is 0. The lowest BCUT2D eigenvalue weighted by molar-refractivity contribution is 0.628. The quantitative estimate of drug-likeness (QED) is 0.605. The molecule has 0 radical (unpaired) electrons. The highest BCUT2D eigenvalue weighted by Crippen LogP contribution is 2.20. The fraction of sp³-hybridized carbons (Fsp3) is 0.200. The van der Waals surface area contributed by atoms with Crippen LogP contribution in [0.3, 0.4) is 0 Å². The van der Waals surface area contributed by atoms with Crippen molar-refractivity contribution in [1.82, 2.24) is 4.68 Å². The van der Waals surface area contributed by atoms with Crippen molar-refractivity contribution < 1.29 is 4.39 Å². The van der Waals surface area contributed by atoms with Crippen LogP contribution in [0.2, 0.25) is 0 Å². The van der Waals surface area contributed by atoms with Gasteiger partial charge in [0.25, 0.3) is 0 Å². The normalized spacial score (nSPS) is 12.2. The second-order valence-electron chi connectivity index (χ2n) is 5.80. The van der Waals surface area contributed by atoms with E-state index >= 15 is 0 Å². The summed E-state index contributed by atoms with van der Waals surface area (Å²) < 4.78 is 15.1. The van der Waals surface area contributed by atoms with E-state index in [0.717, 1.165) is 21.6 Å². The highest BCUT2D eigenvalue weighted by atomic mass is 32.1. The second kappa shape index (κ2) is 7.57. The van der Waals surface area contributed by atoms with Crippen molar-refractivity contribution >= 4 is 17.6 Å². The average Bonchev–Trinajstić information content (AvgIpc) is 2.99. The molecule has 0 atom stereocenters. The molecule has 128 valence electrons. The molecule has 0 spiro atoms. The van der Waals surface area contributed by atoms with Crippen molar-refractivity contribution in [2.45, 2.75) is 20.8 Å². The molecule has 3 nitrogen and oxygen atoms in total. The van der Waals surface area contributed by atoms with E-state index in [0.29, 0.717) is 6.54 Å². The number of hydrogen-bond acceptors (Lipinski definition) is 3. The smallest absolute Gasteiger partial charge is 0.206 e. The Labute approximate surface area is 150 Å². The van der Waals surface area contributed by atoms with E-state index in [1.807, 2.05) is 23.2 Å². The first-order valence-corrected chi connectivity index (χ1v) is 9.05. The third-order valence-corrected chi connectivity index (χ3v) is 4.72. The SMILES string of the molecule is CCN=c1scc(-c2ccc(F)cc2)n1/N=C/c1cc(C)ccc1C. The fourth-order valence-electron chi connectivity index (χ4n) is 2.49. The average molecular weight is 353 g/mol. The van der Waals surface area contributed by atoms with E-state index in [-0.39, 0.29) is 5.82 Å². The van der Waals surface area contributed by atoms with Gasteiger partial charge in [-0.2, -0.15) is 5.10 Å². The molecule has 25 heavy (non-hydrogen) atoms. The van der Waals surface area contributed by atoms with Gasteiger partial charge in [-0.1, -0.05) is 23.8 Å². The van der Waals surface area contributed by atoms with Crippen LogP contribution in [0.15, 0.2) is 57.9 Å². The summed E-state index contributed by atoms with van der Waals surface area (Å²) in [5, 5.41) is 6.67. The van der Waals surface area contributed by atoms with Crippen molar-refractivity contribution in [1.29, 1.82) is 0 Å². The molecule has 0 fully saturated rings. The van der Waals surface area contributed by atoms with Gasteiger partial charge in [0.2, 0.25) is 4.80 Å². The van der Waals surface area contributed by atoms with Crippen molar-refractivity contribution in [3.05, 3.63) is 75.2 Å². The van der Waals surface area contributed by atoms with E-state index < -0.39 is 0 Å². The topological polar surface area (TPSA) is 29.6 Å². The highest BCUT2D eigenvalue weighted by Gasteiger charge is 2.07.